The van der Waals surface area contributed by atoms with Crippen molar-refractivity contribution in [2.75, 3.05) is 7.11 Å². The van der Waals surface area contributed by atoms with Crippen molar-refractivity contribution in [3.63, 3.8) is 0 Å². The van der Waals surface area contributed by atoms with E-state index < -0.39 is 0 Å². The summed E-state index contributed by atoms with van der Waals surface area (Å²) in [5, 5.41) is 18.0. The van der Waals surface area contributed by atoms with E-state index in [4.69, 9.17) is 16.7 Å². The van der Waals surface area contributed by atoms with Crippen LogP contribution in [-0.2, 0) is 6.42 Å². The summed E-state index contributed by atoms with van der Waals surface area (Å²) in [6.45, 7) is 4.30. The predicted molar refractivity (Wildman–Crippen MR) is 75.8 cm³/mol. The molecular weight excluding hydrogens is 248 g/mol. The molecule has 3 heteroatoms. The maximum Gasteiger partial charge on any atom is 0.0622 e. The highest BCUT2D eigenvalue weighted by molar-refractivity contribution is 6.30. The van der Waals surface area contributed by atoms with E-state index in [0.717, 1.165) is 31.4 Å². The lowest BCUT2D eigenvalue weighted by Crippen LogP contribution is -2.28. The first-order valence-electron chi connectivity index (χ1n) is 6.36. The maximum absolute atomic E-state index is 10.2. The number of hydrogen-bond donors (Lipinski definition) is 2. The number of halogens is 1. The molecule has 2 N–H and O–H groups in total. The fourth-order valence-electron chi connectivity index (χ4n) is 2.64. The smallest absolute Gasteiger partial charge is 0.0622 e. The zero-order chi connectivity index (χ0) is 13.8. The van der Waals surface area contributed by atoms with Crippen LogP contribution in [0.3, 0.4) is 0 Å². The molecule has 0 radical (unpaired) electrons. The molecule has 2 rings (SSSR count). The van der Waals surface area contributed by atoms with E-state index in [1.807, 2.05) is 12.1 Å². The lowest BCUT2D eigenvalue weighted by molar-refractivity contribution is 0.0462. The Kier molecular flexibility index (Phi) is 5.64. The van der Waals surface area contributed by atoms with Crippen molar-refractivity contribution in [3.05, 3.63) is 34.9 Å². The van der Waals surface area contributed by atoms with Crippen LogP contribution in [0, 0.1) is 11.3 Å². The van der Waals surface area contributed by atoms with Gasteiger partial charge in [-0.2, -0.15) is 0 Å². The molecule has 0 spiro atoms. The first-order chi connectivity index (χ1) is 8.49. The molecule has 1 aliphatic rings. The van der Waals surface area contributed by atoms with E-state index in [2.05, 4.69) is 26.0 Å². The Morgan fingerprint density at radius 3 is 2.22 bits per heavy atom. The summed E-state index contributed by atoms with van der Waals surface area (Å²) in [6, 6.07) is 7.95. The van der Waals surface area contributed by atoms with Gasteiger partial charge in [0.25, 0.3) is 0 Å². The Labute approximate surface area is 115 Å². The van der Waals surface area contributed by atoms with Crippen molar-refractivity contribution in [3.8, 4) is 0 Å². The van der Waals surface area contributed by atoms with Gasteiger partial charge in [0.1, 0.15) is 0 Å². The molecule has 2 atom stereocenters. The highest BCUT2D eigenvalue weighted by Gasteiger charge is 2.40. The van der Waals surface area contributed by atoms with Gasteiger partial charge in [-0.15, -0.1) is 0 Å². The van der Waals surface area contributed by atoms with Gasteiger partial charge >= 0.3 is 0 Å². The summed E-state index contributed by atoms with van der Waals surface area (Å²) in [4.78, 5) is 0. The second kappa shape index (κ2) is 6.55. The van der Waals surface area contributed by atoms with Crippen molar-refractivity contribution in [1.82, 2.24) is 0 Å². The standard InChI is InChI=1S/C14H19ClO.CH4O/c1-14(2)8-7-11(13(14)16)9-10-3-5-12(15)6-4-10;1-2/h3-6,11,13,16H,7-9H2,1-2H3;2H,1H3/t11?,13-;/m0./s1. The minimum Gasteiger partial charge on any atom is -0.400 e. The highest BCUT2D eigenvalue weighted by Crippen LogP contribution is 2.42. The van der Waals surface area contributed by atoms with Crippen LogP contribution in [0.2, 0.25) is 5.02 Å². The zero-order valence-corrected chi connectivity index (χ0v) is 12.1. The fraction of sp³-hybridized carbons (Fsp3) is 0.600. The first-order valence-corrected chi connectivity index (χ1v) is 6.74. The van der Waals surface area contributed by atoms with E-state index in [1.54, 1.807) is 0 Å². The van der Waals surface area contributed by atoms with Gasteiger partial charge < -0.3 is 10.2 Å². The molecular formula is C15H23ClO2. The van der Waals surface area contributed by atoms with Gasteiger partial charge in [0, 0.05) is 12.1 Å². The van der Waals surface area contributed by atoms with Gasteiger partial charge in [-0.3, -0.25) is 0 Å². The molecule has 0 aliphatic heterocycles. The summed E-state index contributed by atoms with van der Waals surface area (Å²) < 4.78 is 0. The fourth-order valence-corrected chi connectivity index (χ4v) is 2.76. The van der Waals surface area contributed by atoms with Gasteiger partial charge in [-0.05, 0) is 48.3 Å². The van der Waals surface area contributed by atoms with Crippen LogP contribution in [0.15, 0.2) is 24.3 Å². The number of benzene rings is 1. The van der Waals surface area contributed by atoms with Crippen molar-refractivity contribution >= 4 is 11.6 Å². The Hall–Kier alpha value is -0.570. The van der Waals surface area contributed by atoms with Crippen LogP contribution in [0.4, 0.5) is 0 Å². The Morgan fingerprint density at radius 1 is 1.22 bits per heavy atom. The van der Waals surface area contributed by atoms with Gasteiger partial charge in [-0.1, -0.05) is 37.6 Å². The van der Waals surface area contributed by atoms with Crippen LogP contribution in [0.1, 0.15) is 32.3 Å². The number of aliphatic hydroxyl groups excluding tert-OH is 2. The van der Waals surface area contributed by atoms with Crippen LogP contribution in [0.25, 0.3) is 0 Å². The second-order valence-corrected chi connectivity index (χ2v) is 6.00. The molecule has 0 heterocycles. The average Bonchev–Trinajstić information content (AvgIpc) is 2.62. The summed E-state index contributed by atoms with van der Waals surface area (Å²) in [5.41, 5.74) is 1.35. The molecule has 0 aromatic heterocycles. The molecule has 1 aromatic carbocycles. The van der Waals surface area contributed by atoms with Crippen LogP contribution < -0.4 is 0 Å². The molecule has 0 bridgehead atoms. The predicted octanol–water partition coefficient (Wildman–Crippen LogP) is 3.29. The molecule has 1 aliphatic carbocycles. The van der Waals surface area contributed by atoms with Crippen molar-refractivity contribution in [2.24, 2.45) is 11.3 Å². The maximum atomic E-state index is 10.2. The molecule has 0 amide bonds. The van der Waals surface area contributed by atoms with Crippen molar-refractivity contribution in [2.45, 2.75) is 39.2 Å². The van der Waals surface area contributed by atoms with Gasteiger partial charge in [0.15, 0.2) is 0 Å². The topological polar surface area (TPSA) is 40.5 Å². The molecule has 1 saturated carbocycles. The van der Waals surface area contributed by atoms with E-state index >= 15 is 0 Å². The third-order valence-electron chi connectivity index (χ3n) is 3.82. The monoisotopic (exact) mass is 270 g/mol. The summed E-state index contributed by atoms with van der Waals surface area (Å²) in [7, 11) is 1.00. The Morgan fingerprint density at radius 2 is 1.78 bits per heavy atom. The highest BCUT2D eigenvalue weighted by atomic mass is 35.5. The lowest BCUT2D eigenvalue weighted by Gasteiger charge is -2.25. The summed E-state index contributed by atoms with van der Waals surface area (Å²) in [5.74, 6) is 0.399. The molecule has 1 aromatic rings. The molecule has 102 valence electrons. The second-order valence-electron chi connectivity index (χ2n) is 5.56. The lowest BCUT2D eigenvalue weighted by atomic mass is 9.85. The third kappa shape index (κ3) is 3.71. The number of rotatable bonds is 2. The molecule has 1 unspecified atom stereocenters. The normalized spacial score (nSPS) is 25.4. The number of aliphatic hydroxyl groups is 2. The zero-order valence-electron chi connectivity index (χ0n) is 11.4. The van der Waals surface area contributed by atoms with Gasteiger partial charge in [0.05, 0.1) is 6.10 Å². The molecule has 0 saturated heterocycles. The van der Waals surface area contributed by atoms with Gasteiger partial charge in [-0.25, -0.2) is 0 Å². The minimum atomic E-state index is -0.178. The molecule has 2 nitrogen and oxygen atoms in total. The van der Waals surface area contributed by atoms with Gasteiger partial charge in [0.2, 0.25) is 0 Å². The molecule has 1 fully saturated rings. The van der Waals surface area contributed by atoms with Crippen LogP contribution in [0.5, 0.6) is 0 Å². The van der Waals surface area contributed by atoms with Crippen molar-refractivity contribution in [1.29, 1.82) is 0 Å². The summed E-state index contributed by atoms with van der Waals surface area (Å²) in [6.07, 6.45) is 3.02. The van der Waals surface area contributed by atoms with Crippen molar-refractivity contribution < 1.29 is 10.2 Å². The summed E-state index contributed by atoms with van der Waals surface area (Å²) >= 11 is 5.85. The molecule has 18 heavy (non-hydrogen) atoms. The van der Waals surface area contributed by atoms with E-state index in [0.29, 0.717) is 5.92 Å². The average molecular weight is 271 g/mol. The quantitative estimate of drug-likeness (QED) is 0.866. The Bertz CT molecular complexity index is 359. The van der Waals surface area contributed by atoms with E-state index in [-0.39, 0.29) is 11.5 Å². The largest absolute Gasteiger partial charge is 0.400 e. The minimum absolute atomic E-state index is 0.0804. The van der Waals surface area contributed by atoms with Crippen LogP contribution in [-0.4, -0.2) is 23.4 Å². The third-order valence-corrected chi connectivity index (χ3v) is 4.07. The SMILES string of the molecule is CC1(C)CCC(Cc2ccc(Cl)cc2)[C@@H]1O.CO. The Balaban J connectivity index is 0.000000771. The van der Waals surface area contributed by atoms with E-state index in [9.17, 15) is 5.11 Å². The first kappa shape index (κ1) is 15.5. The van der Waals surface area contributed by atoms with E-state index in [1.165, 1.54) is 5.56 Å². The number of hydrogen-bond acceptors (Lipinski definition) is 2. The van der Waals surface area contributed by atoms with Crippen LogP contribution >= 0.6 is 11.6 Å².